The molecule has 1 aliphatic heterocycles. The Labute approximate surface area is 317 Å². The number of rotatable bonds is 11. The fourth-order valence-electron chi connectivity index (χ4n) is 6.88. The molecule has 1 atom stereocenters. The number of methoxy groups -OCH3 is 1. The van der Waals surface area contributed by atoms with Crippen LogP contribution in [0.2, 0.25) is 0 Å². The standard InChI is InChI=1S/C43H48N5O5P/c1-41(2,3)34-24-30-26-52-54(49,53-38(30)36(25-34)42(4,5)6)29-51-23-22-48-28-46-37-39(44-27-45-40(37)48)47-43(31-14-10-8-11-15-31,32-16-12-9-13-17-32)33-18-20-35(50-7)21-19-33/h8-21,24-25,27-28H,22-23,26,29H2,1-7H3,(H,44,45,47). The first-order valence-electron chi connectivity index (χ1n) is 18.2. The van der Waals surface area contributed by atoms with Crippen LogP contribution in [0.4, 0.5) is 5.82 Å². The first-order chi connectivity index (χ1) is 25.8. The van der Waals surface area contributed by atoms with Gasteiger partial charge in [-0.05, 0) is 51.3 Å². The van der Waals surface area contributed by atoms with Gasteiger partial charge in [-0.15, -0.1) is 0 Å². The second kappa shape index (κ2) is 14.7. The van der Waals surface area contributed by atoms with Gasteiger partial charge < -0.3 is 23.9 Å². The second-order valence-electron chi connectivity index (χ2n) is 15.7. The number of ether oxygens (including phenoxy) is 2. The van der Waals surface area contributed by atoms with Gasteiger partial charge in [0.25, 0.3) is 0 Å². The summed E-state index contributed by atoms with van der Waals surface area (Å²) in [5, 5.41) is 3.82. The van der Waals surface area contributed by atoms with Gasteiger partial charge in [0.2, 0.25) is 0 Å². The largest absolute Gasteiger partial charge is 0.497 e. The predicted octanol–water partition coefficient (Wildman–Crippen LogP) is 9.61. The molecule has 0 bridgehead atoms. The van der Waals surface area contributed by atoms with E-state index in [0.717, 1.165) is 33.6 Å². The van der Waals surface area contributed by atoms with Crippen molar-refractivity contribution in [2.45, 2.75) is 71.1 Å². The van der Waals surface area contributed by atoms with Gasteiger partial charge in [0, 0.05) is 17.7 Å². The molecule has 3 heterocycles. The first-order valence-corrected chi connectivity index (χ1v) is 19.9. The van der Waals surface area contributed by atoms with Crippen molar-refractivity contribution in [3.05, 3.63) is 143 Å². The third kappa shape index (κ3) is 7.38. The average Bonchev–Trinajstić information content (AvgIpc) is 3.59. The number of imidazole rings is 1. The van der Waals surface area contributed by atoms with E-state index in [0.29, 0.717) is 29.3 Å². The molecule has 1 N–H and O–H groups in total. The fourth-order valence-corrected chi connectivity index (χ4v) is 8.24. The normalized spacial score (nSPS) is 16.1. The van der Waals surface area contributed by atoms with Crippen molar-refractivity contribution in [3.8, 4) is 11.5 Å². The number of nitrogens with one attached hydrogen (secondary N) is 1. The van der Waals surface area contributed by atoms with Gasteiger partial charge in [0.05, 0.1) is 26.7 Å². The minimum absolute atomic E-state index is 0.0536. The maximum atomic E-state index is 13.9. The van der Waals surface area contributed by atoms with Crippen molar-refractivity contribution in [1.29, 1.82) is 0 Å². The topological polar surface area (TPSA) is 110 Å². The Bertz CT molecular complexity index is 2240. The number of hydrogen-bond acceptors (Lipinski definition) is 9. The van der Waals surface area contributed by atoms with Gasteiger partial charge in [-0.2, -0.15) is 0 Å². The minimum atomic E-state index is -3.57. The van der Waals surface area contributed by atoms with Crippen LogP contribution in [-0.4, -0.2) is 39.6 Å². The van der Waals surface area contributed by atoms with Crippen LogP contribution in [0, 0.1) is 0 Å². The summed E-state index contributed by atoms with van der Waals surface area (Å²) in [5.74, 6) is 1.97. The van der Waals surface area contributed by atoms with Crippen LogP contribution in [-0.2, 0) is 43.3 Å². The number of anilines is 1. The zero-order valence-electron chi connectivity index (χ0n) is 32.0. The van der Waals surface area contributed by atoms with E-state index < -0.39 is 13.1 Å². The highest BCUT2D eigenvalue weighted by Gasteiger charge is 2.39. The molecule has 6 aromatic rings. The lowest BCUT2D eigenvalue weighted by molar-refractivity contribution is 0.132. The van der Waals surface area contributed by atoms with E-state index in [1.807, 2.05) is 53.1 Å². The summed E-state index contributed by atoms with van der Waals surface area (Å²) in [6.07, 6.45) is 3.09. The van der Waals surface area contributed by atoms with E-state index in [9.17, 15) is 4.57 Å². The van der Waals surface area contributed by atoms with Crippen molar-refractivity contribution in [2.24, 2.45) is 0 Å². The lowest BCUT2D eigenvalue weighted by Crippen LogP contribution is -2.38. The Morgan fingerprint density at radius 2 is 1.44 bits per heavy atom. The molecule has 280 valence electrons. The quantitative estimate of drug-likeness (QED) is 0.0788. The second-order valence-corrected chi connectivity index (χ2v) is 17.6. The third-order valence-electron chi connectivity index (χ3n) is 9.86. The molecule has 0 radical (unpaired) electrons. The summed E-state index contributed by atoms with van der Waals surface area (Å²) in [6, 6.07) is 32.9. The lowest BCUT2D eigenvalue weighted by Gasteiger charge is -2.37. The van der Waals surface area contributed by atoms with E-state index >= 15 is 0 Å². The molecular weight excluding hydrogens is 697 g/mol. The van der Waals surface area contributed by atoms with Gasteiger partial charge in [-0.1, -0.05) is 120 Å². The number of nitrogens with zero attached hydrogens (tertiary/aromatic N) is 4. The molecule has 0 saturated heterocycles. The minimum Gasteiger partial charge on any atom is -0.497 e. The smallest absolute Gasteiger partial charge is 0.405 e. The lowest BCUT2D eigenvalue weighted by atomic mass is 9.77. The van der Waals surface area contributed by atoms with E-state index in [4.69, 9.17) is 28.5 Å². The number of hydrogen-bond donors (Lipinski definition) is 1. The molecule has 54 heavy (non-hydrogen) atoms. The zero-order chi connectivity index (χ0) is 38.1. The molecule has 0 aliphatic carbocycles. The molecule has 0 amide bonds. The van der Waals surface area contributed by atoms with Gasteiger partial charge >= 0.3 is 7.60 Å². The maximum absolute atomic E-state index is 13.9. The van der Waals surface area contributed by atoms with Crippen LogP contribution in [0.1, 0.15) is 74.9 Å². The van der Waals surface area contributed by atoms with Gasteiger partial charge in [-0.25, -0.2) is 19.5 Å². The monoisotopic (exact) mass is 745 g/mol. The van der Waals surface area contributed by atoms with E-state index in [1.165, 1.54) is 11.9 Å². The predicted molar refractivity (Wildman–Crippen MR) is 212 cm³/mol. The van der Waals surface area contributed by atoms with Gasteiger partial charge in [0.1, 0.15) is 28.9 Å². The highest BCUT2D eigenvalue weighted by atomic mass is 31.2. The third-order valence-corrected chi connectivity index (χ3v) is 11.3. The van der Waals surface area contributed by atoms with Crippen LogP contribution < -0.4 is 14.6 Å². The number of benzene rings is 4. The van der Waals surface area contributed by atoms with E-state index in [-0.39, 0.29) is 30.4 Å². The van der Waals surface area contributed by atoms with Crippen LogP contribution in [0.15, 0.2) is 110 Å². The molecule has 0 spiro atoms. The summed E-state index contributed by atoms with van der Waals surface area (Å²) in [7, 11) is -1.91. The summed E-state index contributed by atoms with van der Waals surface area (Å²) >= 11 is 0. The molecule has 1 unspecified atom stereocenters. The van der Waals surface area contributed by atoms with Crippen molar-refractivity contribution < 1.29 is 23.1 Å². The number of aromatic nitrogens is 4. The SMILES string of the molecule is COc1ccc(C(Nc2ncnc3c2ncn3CCOCP2(=O)OCc3cc(C(C)(C)C)cc(C(C)(C)C)c3O2)(c2ccccc2)c2ccccc2)cc1. The molecular formula is C43H48N5O5P. The average molecular weight is 746 g/mol. The summed E-state index contributed by atoms with van der Waals surface area (Å²) in [6.45, 7) is 13.8. The Kier molecular flexibility index (Phi) is 10.1. The van der Waals surface area contributed by atoms with Crippen LogP contribution in [0.5, 0.6) is 11.5 Å². The molecule has 1 aliphatic rings. The Balaban J connectivity index is 1.13. The zero-order valence-corrected chi connectivity index (χ0v) is 32.9. The van der Waals surface area contributed by atoms with Gasteiger partial charge in [0.15, 0.2) is 17.8 Å². The molecule has 10 nitrogen and oxygen atoms in total. The van der Waals surface area contributed by atoms with E-state index in [2.05, 4.69) is 100 Å². The maximum Gasteiger partial charge on any atom is 0.405 e. The first kappa shape index (κ1) is 37.3. The molecule has 11 heteroatoms. The Hall–Kier alpha value is -5.02. The number of fused-ring (bicyclic) bond motifs is 2. The fraction of sp³-hybridized carbons (Fsp3) is 0.326. The Morgan fingerprint density at radius 1 is 0.796 bits per heavy atom. The van der Waals surface area contributed by atoms with E-state index in [1.54, 1.807) is 13.4 Å². The van der Waals surface area contributed by atoms with Crippen molar-refractivity contribution in [3.63, 3.8) is 0 Å². The molecule has 0 fully saturated rings. The highest BCUT2D eigenvalue weighted by molar-refractivity contribution is 7.54. The van der Waals surface area contributed by atoms with Gasteiger partial charge in [-0.3, -0.25) is 4.52 Å². The summed E-state index contributed by atoms with van der Waals surface area (Å²) in [5.41, 5.74) is 6.28. The molecule has 0 saturated carbocycles. The molecule has 7 rings (SSSR count). The van der Waals surface area contributed by atoms with Crippen molar-refractivity contribution in [1.82, 2.24) is 19.5 Å². The van der Waals surface area contributed by atoms with Crippen LogP contribution in [0.3, 0.4) is 0 Å². The Morgan fingerprint density at radius 3 is 2.06 bits per heavy atom. The van der Waals surface area contributed by atoms with Crippen LogP contribution in [0.25, 0.3) is 11.2 Å². The summed E-state index contributed by atoms with van der Waals surface area (Å²) < 4.78 is 39.3. The van der Waals surface area contributed by atoms with Crippen molar-refractivity contribution in [2.75, 3.05) is 25.4 Å². The van der Waals surface area contributed by atoms with Crippen molar-refractivity contribution >= 4 is 24.6 Å². The summed E-state index contributed by atoms with van der Waals surface area (Å²) in [4.78, 5) is 14.1. The highest BCUT2D eigenvalue weighted by Crippen LogP contribution is 2.56. The van der Waals surface area contributed by atoms with Crippen LogP contribution >= 0.6 is 7.60 Å². The molecule has 4 aromatic carbocycles. The molecule has 2 aromatic heterocycles.